The molecule has 0 spiro atoms. The second-order valence-corrected chi connectivity index (χ2v) is 7.43. The van der Waals surface area contributed by atoms with E-state index in [1.807, 2.05) is 15.6 Å². The Kier molecular flexibility index (Phi) is 3.88. The molecule has 6 nitrogen and oxygen atoms in total. The molecule has 1 fully saturated rings. The molecule has 0 radical (unpaired) electrons. The standard InChI is InChI=1S/C17H25N5O/c1-11(2)22-15-12(9-20-22)7-13(8-19-15)16(23)21-6-5-14(18)17(3,4)10-21/h7-9,11,14H,5-6,10,18H2,1-4H3. The number of amides is 1. The lowest BCUT2D eigenvalue weighted by molar-refractivity contribution is 0.0533. The van der Waals surface area contributed by atoms with E-state index in [1.54, 1.807) is 12.4 Å². The van der Waals surface area contributed by atoms with Gasteiger partial charge in [-0.25, -0.2) is 9.67 Å². The van der Waals surface area contributed by atoms with Crippen LogP contribution in [0.15, 0.2) is 18.5 Å². The summed E-state index contributed by atoms with van der Waals surface area (Å²) < 4.78 is 1.87. The second kappa shape index (κ2) is 5.60. The highest BCUT2D eigenvalue weighted by Gasteiger charge is 2.35. The molecule has 2 aromatic rings. The van der Waals surface area contributed by atoms with Gasteiger partial charge in [0, 0.05) is 36.8 Å². The maximum atomic E-state index is 12.8. The number of hydrogen-bond acceptors (Lipinski definition) is 4. The summed E-state index contributed by atoms with van der Waals surface area (Å²) in [6.45, 7) is 9.73. The summed E-state index contributed by atoms with van der Waals surface area (Å²) in [5, 5.41) is 5.25. The van der Waals surface area contributed by atoms with E-state index in [1.165, 1.54) is 0 Å². The van der Waals surface area contributed by atoms with Crippen molar-refractivity contribution in [2.24, 2.45) is 11.1 Å². The van der Waals surface area contributed by atoms with Crippen LogP contribution in [0.25, 0.3) is 11.0 Å². The SMILES string of the molecule is CC(C)n1ncc2cc(C(=O)N3CCC(N)C(C)(C)C3)cnc21. The van der Waals surface area contributed by atoms with Gasteiger partial charge in [-0.2, -0.15) is 5.10 Å². The van der Waals surface area contributed by atoms with Crippen molar-refractivity contribution in [3.05, 3.63) is 24.0 Å². The molecule has 1 atom stereocenters. The number of carbonyl (C=O) groups is 1. The number of aromatic nitrogens is 3. The molecule has 3 heterocycles. The molecule has 1 unspecified atom stereocenters. The summed E-state index contributed by atoms with van der Waals surface area (Å²) >= 11 is 0. The molecule has 124 valence electrons. The fourth-order valence-corrected chi connectivity index (χ4v) is 3.16. The van der Waals surface area contributed by atoms with E-state index < -0.39 is 0 Å². The Morgan fingerprint density at radius 2 is 2.13 bits per heavy atom. The van der Waals surface area contributed by atoms with Gasteiger partial charge in [-0.15, -0.1) is 0 Å². The van der Waals surface area contributed by atoms with Crippen LogP contribution in [0.1, 0.15) is 50.5 Å². The van der Waals surface area contributed by atoms with Crippen molar-refractivity contribution < 1.29 is 4.79 Å². The smallest absolute Gasteiger partial charge is 0.255 e. The van der Waals surface area contributed by atoms with E-state index >= 15 is 0 Å². The molecule has 0 bridgehead atoms. The second-order valence-electron chi connectivity index (χ2n) is 7.43. The van der Waals surface area contributed by atoms with Crippen LogP contribution in [0.3, 0.4) is 0 Å². The molecule has 23 heavy (non-hydrogen) atoms. The zero-order chi connectivity index (χ0) is 16.8. The number of hydrogen-bond donors (Lipinski definition) is 1. The van der Waals surface area contributed by atoms with Crippen molar-refractivity contribution in [2.75, 3.05) is 13.1 Å². The van der Waals surface area contributed by atoms with Crippen LogP contribution in [0.2, 0.25) is 0 Å². The summed E-state index contributed by atoms with van der Waals surface area (Å²) in [6.07, 6.45) is 4.27. The first-order valence-electron chi connectivity index (χ1n) is 8.18. The fourth-order valence-electron chi connectivity index (χ4n) is 3.16. The van der Waals surface area contributed by atoms with Gasteiger partial charge in [0.2, 0.25) is 0 Å². The Balaban J connectivity index is 1.87. The Morgan fingerprint density at radius 3 is 2.78 bits per heavy atom. The highest BCUT2D eigenvalue weighted by Crippen LogP contribution is 2.29. The number of piperidine rings is 1. The van der Waals surface area contributed by atoms with Gasteiger partial charge in [-0.05, 0) is 31.7 Å². The van der Waals surface area contributed by atoms with Crippen LogP contribution < -0.4 is 5.73 Å². The molecular formula is C17H25N5O. The first-order chi connectivity index (χ1) is 10.8. The van der Waals surface area contributed by atoms with E-state index in [0.29, 0.717) is 18.7 Å². The monoisotopic (exact) mass is 315 g/mol. The number of pyridine rings is 1. The van der Waals surface area contributed by atoms with Crippen molar-refractivity contribution in [3.63, 3.8) is 0 Å². The van der Waals surface area contributed by atoms with Crippen LogP contribution in [0, 0.1) is 5.41 Å². The lowest BCUT2D eigenvalue weighted by Gasteiger charge is -2.42. The molecule has 1 amide bonds. The molecule has 0 aliphatic carbocycles. The molecule has 1 aliphatic rings. The van der Waals surface area contributed by atoms with Crippen molar-refractivity contribution in [1.29, 1.82) is 0 Å². The third kappa shape index (κ3) is 2.83. The van der Waals surface area contributed by atoms with Gasteiger partial charge in [0.05, 0.1) is 11.8 Å². The number of carbonyl (C=O) groups excluding carboxylic acids is 1. The van der Waals surface area contributed by atoms with Gasteiger partial charge in [0.25, 0.3) is 5.91 Å². The Hall–Kier alpha value is -1.95. The molecule has 6 heteroatoms. The number of likely N-dealkylation sites (tertiary alicyclic amines) is 1. The van der Waals surface area contributed by atoms with Crippen LogP contribution in [-0.4, -0.2) is 44.7 Å². The van der Waals surface area contributed by atoms with Gasteiger partial charge >= 0.3 is 0 Å². The van der Waals surface area contributed by atoms with Crippen LogP contribution in [-0.2, 0) is 0 Å². The molecule has 1 saturated heterocycles. The molecule has 0 saturated carbocycles. The first kappa shape index (κ1) is 15.9. The Morgan fingerprint density at radius 1 is 1.39 bits per heavy atom. The minimum Gasteiger partial charge on any atom is -0.338 e. The average Bonchev–Trinajstić information content (AvgIpc) is 2.92. The van der Waals surface area contributed by atoms with Gasteiger partial charge < -0.3 is 10.6 Å². The Bertz CT molecular complexity index is 734. The minimum absolute atomic E-state index is 0.0247. The first-order valence-corrected chi connectivity index (χ1v) is 8.18. The average molecular weight is 315 g/mol. The van der Waals surface area contributed by atoms with Crippen LogP contribution in [0.5, 0.6) is 0 Å². The molecule has 2 aromatic heterocycles. The molecular weight excluding hydrogens is 290 g/mol. The molecule has 0 aromatic carbocycles. The molecule has 1 aliphatic heterocycles. The Labute approximate surface area is 136 Å². The largest absolute Gasteiger partial charge is 0.338 e. The minimum atomic E-state index is -0.0615. The van der Waals surface area contributed by atoms with Crippen LogP contribution in [0.4, 0.5) is 0 Å². The fraction of sp³-hybridized carbons (Fsp3) is 0.588. The summed E-state index contributed by atoms with van der Waals surface area (Å²) in [5.41, 5.74) is 7.53. The zero-order valence-electron chi connectivity index (χ0n) is 14.3. The third-order valence-corrected chi connectivity index (χ3v) is 4.77. The van der Waals surface area contributed by atoms with Gasteiger partial charge in [-0.1, -0.05) is 13.8 Å². The number of rotatable bonds is 2. The van der Waals surface area contributed by atoms with E-state index in [-0.39, 0.29) is 23.4 Å². The summed E-state index contributed by atoms with van der Waals surface area (Å²) in [5.74, 6) is 0.0247. The lowest BCUT2D eigenvalue weighted by Crippen LogP contribution is -2.54. The maximum absolute atomic E-state index is 12.8. The van der Waals surface area contributed by atoms with Gasteiger partial charge in [-0.3, -0.25) is 4.79 Å². The predicted molar refractivity (Wildman–Crippen MR) is 90.2 cm³/mol. The van der Waals surface area contributed by atoms with E-state index in [4.69, 9.17) is 5.73 Å². The summed E-state index contributed by atoms with van der Waals surface area (Å²) in [7, 11) is 0. The highest BCUT2D eigenvalue weighted by molar-refractivity contribution is 5.97. The van der Waals surface area contributed by atoms with E-state index in [9.17, 15) is 4.79 Å². The van der Waals surface area contributed by atoms with Crippen molar-refractivity contribution >= 4 is 16.9 Å². The van der Waals surface area contributed by atoms with Crippen molar-refractivity contribution in [2.45, 2.75) is 46.2 Å². The normalized spacial score (nSPS) is 21.1. The zero-order valence-corrected chi connectivity index (χ0v) is 14.3. The third-order valence-electron chi connectivity index (χ3n) is 4.77. The van der Waals surface area contributed by atoms with Gasteiger partial charge in [0.15, 0.2) is 5.65 Å². The summed E-state index contributed by atoms with van der Waals surface area (Å²) in [6, 6.07) is 2.26. The van der Waals surface area contributed by atoms with Crippen LogP contribution >= 0.6 is 0 Å². The van der Waals surface area contributed by atoms with E-state index in [2.05, 4.69) is 37.8 Å². The number of nitrogens with zero attached hydrogens (tertiary/aromatic N) is 4. The molecule has 3 rings (SSSR count). The summed E-state index contributed by atoms with van der Waals surface area (Å²) in [4.78, 5) is 19.1. The maximum Gasteiger partial charge on any atom is 0.255 e. The number of nitrogens with two attached hydrogens (primary N) is 1. The van der Waals surface area contributed by atoms with Gasteiger partial charge in [0.1, 0.15) is 0 Å². The van der Waals surface area contributed by atoms with E-state index in [0.717, 1.165) is 17.5 Å². The molecule has 2 N–H and O–H groups in total. The van der Waals surface area contributed by atoms with Crippen molar-refractivity contribution in [1.82, 2.24) is 19.7 Å². The predicted octanol–water partition coefficient (Wildman–Crippen LogP) is 2.21. The quantitative estimate of drug-likeness (QED) is 0.922. The topological polar surface area (TPSA) is 77.0 Å². The number of fused-ring (bicyclic) bond motifs is 1. The van der Waals surface area contributed by atoms with Crippen molar-refractivity contribution in [3.8, 4) is 0 Å². The highest BCUT2D eigenvalue weighted by atomic mass is 16.2. The lowest BCUT2D eigenvalue weighted by atomic mass is 9.79.